The standard InChI is InChI=1S/C21H26N2O3/c1-15-6-5-7-16(2)21(15)23(17(3)24)13-12-22-20(25)14-18-8-10-19(26-4)11-9-18/h5-11H,12-14H2,1-4H3,(H,22,25). The van der Waals surface area contributed by atoms with E-state index in [1.807, 2.05) is 56.3 Å². The van der Waals surface area contributed by atoms with Gasteiger partial charge in [-0.05, 0) is 42.7 Å². The summed E-state index contributed by atoms with van der Waals surface area (Å²) in [6.45, 7) is 6.36. The van der Waals surface area contributed by atoms with Crippen LogP contribution in [0.25, 0.3) is 0 Å². The highest BCUT2D eigenvalue weighted by atomic mass is 16.5. The summed E-state index contributed by atoms with van der Waals surface area (Å²) in [5.41, 5.74) is 3.93. The topological polar surface area (TPSA) is 58.6 Å². The van der Waals surface area contributed by atoms with Gasteiger partial charge in [0, 0.05) is 25.7 Å². The Bertz CT molecular complexity index is 749. The number of anilines is 1. The number of carbonyl (C=O) groups is 2. The van der Waals surface area contributed by atoms with Crippen LogP contribution in [0.2, 0.25) is 0 Å². The van der Waals surface area contributed by atoms with Crippen LogP contribution in [0.1, 0.15) is 23.6 Å². The first-order valence-corrected chi connectivity index (χ1v) is 8.66. The molecule has 5 nitrogen and oxygen atoms in total. The molecule has 0 bridgehead atoms. The molecule has 138 valence electrons. The van der Waals surface area contributed by atoms with Crippen molar-refractivity contribution in [2.45, 2.75) is 27.2 Å². The Balaban J connectivity index is 1.93. The minimum absolute atomic E-state index is 0.0354. The molecule has 0 aliphatic rings. The van der Waals surface area contributed by atoms with Gasteiger partial charge in [0.1, 0.15) is 5.75 Å². The fraction of sp³-hybridized carbons (Fsp3) is 0.333. The Hall–Kier alpha value is -2.82. The number of methoxy groups -OCH3 is 1. The number of ether oxygens (including phenoxy) is 1. The molecule has 26 heavy (non-hydrogen) atoms. The molecular weight excluding hydrogens is 328 g/mol. The largest absolute Gasteiger partial charge is 0.497 e. The van der Waals surface area contributed by atoms with Gasteiger partial charge >= 0.3 is 0 Å². The van der Waals surface area contributed by atoms with E-state index in [4.69, 9.17) is 4.74 Å². The number of hydrogen-bond donors (Lipinski definition) is 1. The lowest BCUT2D eigenvalue weighted by atomic mass is 10.1. The molecule has 0 aliphatic heterocycles. The summed E-state index contributed by atoms with van der Waals surface area (Å²) in [5.74, 6) is 0.659. The van der Waals surface area contributed by atoms with Crippen molar-refractivity contribution in [3.63, 3.8) is 0 Å². The third-order valence-corrected chi connectivity index (χ3v) is 4.27. The minimum atomic E-state index is -0.0693. The summed E-state index contributed by atoms with van der Waals surface area (Å²) in [6, 6.07) is 13.4. The molecule has 2 aromatic carbocycles. The molecule has 0 aromatic heterocycles. The number of amides is 2. The maximum atomic E-state index is 12.1. The first-order valence-electron chi connectivity index (χ1n) is 8.66. The number of aryl methyl sites for hydroxylation is 2. The van der Waals surface area contributed by atoms with Crippen molar-refractivity contribution in [3.8, 4) is 5.75 Å². The van der Waals surface area contributed by atoms with Gasteiger partial charge in [-0.25, -0.2) is 0 Å². The van der Waals surface area contributed by atoms with Crippen molar-refractivity contribution >= 4 is 17.5 Å². The summed E-state index contributed by atoms with van der Waals surface area (Å²) in [5, 5.41) is 2.89. The molecule has 0 heterocycles. The van der Waals surface area contributed by atoms with Gasteiger partial charge in [0.05, 0.1) is 13.5 Å². The van der Waals surface area contributed by atoms with Crippen molar-refractivity contribution in [1.82, 2.24) is 5.32 Å². The highest BCUT2D eigenvalue weighted by molar-refractivity contribution is 5.93. The third-order valence-electron chi connectivity index (χ3n) is 4.27. The SMILES string of the molecule is COc1ccc(CC(=O)NCCN(C(C)=O)c2c(C)cccc2C)cc1. The first kappa shape index (κ1) is 19.5. The molecule has 1 N–H and O–H groups in total. The molecule has 0 fully saturated rings. The molecule has 0 saturated carbocycles. The van der Waals surface area contributed by atoms with Crippen molar-refractivity contribution in [3.05, 3.63) is 59.2 Å². The Morgan fingerprint density at radius 3 is 2.19 bits per heavy atom. The van der Waals surface area contributed by atoms with Crippen molar-refractivity contribution in [2.24, 2.45) is 0 Å². The van der Waals surface area contributed by atoms with Crippen LogP contribution in [-0.2, 0) is 16.0 Å². The molecule has 5 heteroatoms. The fourth-order valence-corrected chi connectivity index (χ4v) is 2.96. The van der Waals surface area contributed by atoms with E-state index in [1.54, 1.807) is 18.9 Å². The molecule has 0 aliphatic carbocycles. The number of para-hydroxylation sites is 1. The second-order valence-corrected chi connectivity index (χ2v) is 6.29. The zero-order valence-electron chi connectivity index (χ0n) is 15.8. The molecule has 0 atom stereocenters. The van der Waals surface area contributed by atoms with E-state index in [1.165, 1.54) is 0 Å². The Kier molecular flexibility index (Phi) is 6.78. The summed E-state index contributed by atoms with van der Waals surface area (Å²) >= 11 is 0. The molecule has 0 radical (unpaired) electrons. The molecule has 0 unspecified atom stereocenters. The summed E-state index contributed by atoms with van der Waals surface area (Å²) in [7, 11) is 1.61. The van der Waals surface area contributed by atoms with Crippen LogP contribution in [0, 0.1) is 13.8 Å². The van der Waals surface area contributed by atoms with Gasteiger partial charge in [0.15, 0.2) is 0 Å². The van der Waals surface area contributed by atoms with Gasteiger partial charge in [-0.3, -0.25) is 9.59 Å². The highest BCUT2D eigenvalue weighted by Crippen LogP contribution is 2.24. The van der Waals surface area contributed by atoms with Crippen molar-refractivity contribution in [2.75, 3.05) is 25.1 Å². The van der Waals surface area contributed by atoms with Gasteiger partial charge < -0.3 is 15.0 Å². The average molecular weight is 354 g/mol. The number of rotatable bonds is 7. The van der Waals surface area contributed by atoms with Crippen LogP contribution >= 0.6 is 0 Å². The first-order chi connectivity index (χ1) is 12.4. The molecule has 0 saturated heterocycles. The zero-order valence-corrected chi connectivity index (χ0v) is 15.8. The third kappa shape index (κ3) is 5.09. The maximum Gasteiger partial charge on any atom is 0.224 e. The smallest absolute Gasteiger partial charge is 0.224 e. The Morgan fingerprint density at radius 2 is 1.65 bits per heavy atom. The average Bonchev–Trinajstić information content (AvgIpc) is 2.60. The van der Waals surface area contributed by atoms with Gasteiger partial charge in [0.25, 0.3) is 0 Å². The van der Waals surface area contributed by atoms with E-state index in [0.717, 1.165) is 28.1 Å². The monoisotopic (exact) mass is 354 g/mol. The summed E-state index contributed by atoms with van der Waals surface area (Å²) in [6.07, 6.45) is 0.299. The number of carbonyl (C=O) groups excluding carboxylic acids is 2. The van der Waals surface area contributed by atoms with E-state index in [-0.39, 0.29) is 11.8 Å². The lowest BCUT2D eigenvalue weighted by Crippen LogP contribution is -2.38. The van der Waals surface area contributed by atoms with Gasteiger partial charge in [0.2, 0.25) is 11.8 Å². The van der Waals surface area contributed by atoms with Crippen LogP contribution in [0.5, 0.6) is 5.75 Å². The Labute approximate surface area is 155 Å². The minimum Gasteiger partial charge on any atom is -0.497 e. The highest BCUT2D eigenvalue weighted by Gasteiger charge is 2.16. The van der Waals surface area contributed by atoms with Crippen molar-refractivity contribution in [1.29, 1.82) is 0 Å². The van der Waals surface area contributed by atoms with Gasteiger partial charge in [-0.2, -0.15) is 0 Å². The number of benzene rings is 2. The van der Waals surface area contributed by atoms with E-state index < -0.39 is 0 Å². The van der Waals surface area contributed by atoms with E-state index in [0.29, 0.717) is 19.5 Å². The quantitative estimate of drug-likeness (QED) is 0.831. The predicted octanol–water partition coefficient (Wildman–Crippen LogP) is 3.02. The van der Waals surface area contributed by atoms with Crippen LogP contribution in [0.15, 0.2) is 42.5 Å². The Morgan fingerprint density at radius 1 is 1.04 bits per heavy atom. The molecule has 0 spiro atoms. The van der Waals surface area contributed by atoms with Gasteiger partial charge in [-0.15, -0.1) is 0 Å². The number of hydrogen-bond acceptors (Lipinski definition) is 3. The second kappa shape index (κ2) is 9.04. The van der Waals surface area contributed by atoms with Crippen LogP contribution in [0.4, 0.5) is 5.69 Å². The predicted molar refractivity (Wildman–Crippen MR) is 104 cm³/mol. The fourth-order valence-electron chi connectivity index (χ4n) is 2.96. The number of nitrogens with one attached hydrogen (secondary N) is 1. The van der Waals surface area contributed by atoms with E-state index >= 15 is 0 Å². The molecular formula is C21H26N2O3. The summed E-state index contributed by atoms with van der Waals surface area (Å²) in [4.78, 5) is 25.9. The van der Waals surface area contributed by atoms with E-state index in [9.17, 15) is 9.59 Å². The van der Waals surface area contributed by atoms with E-state index in [2.05, 4.69) is 5.32 Å². The maximum absolute atomic E-state index is 12.1. The van der Waals surface area contributed by atoms with Crippen LogP contribution in [0.3, 0.4) is 0 Å². The summed E-state index contributed by atoms with van der Waals surface area (Å²) < 4.78 is 5.11. The number of nitrogens with zero attached hydrogens (tertiary/aromatic N) is 1. The van der Waals surface area contributed by atoms with Crippen molar-refractivity contribution < 1.29 is 14.3 Å². The van der Waals surface area contributed by atoms with Gasteiger partial charge in [-0.1, -0.05) is 30.3 Å². The lowest BCUT2D eigenvalue weighted by molar-refractivity contribution is -0.121. The molecule has 2 aromatic rings. The molecule has 2 amide bonds. The molecule has 2 rings (SSSR count). The second-order valence-electron chi connectivity index (χ2n) is 6.29. The lowest BCUT2D eigenvalue weighted by Gasteiger charge is -2.25. The normalized spacial score (nSPS) is 10.3. The van der Waals surface area contributed by atoms with Crippen LogP contribution < -0.4 is 15.0 Å². The van der Waals surface area contributed by atoms with Crippen LogP contribution in [-0.4, -0.2) is 32.0 Å². The zero-order chi connectivity index (χ0) is 19.1.